The van der Waals surface area contributed by atoms with Gasteiger partial charge < -0.3 is 10.1 Å². The van der Waals surface area contributed by atoms with Crippen LogP contribution in [0.15, 0.2) is 22.7 Å². The Bertz CT molecular complexity index is 532. The summed E-state index contributed by atoms with van der Waals surface area (Å²) in [6, 6.07) is 4.39. The van der Waals surface area contributed by atoms with Gasteiger partial charge in [0, 0.05) is 26.3 Å². The van der Waals surface area contributed by atoms with Crippen LogP contribution in [0.2, 0.25) is 0 Å². The molecule has 7 heteroatoms. The maximum Gasteiger partial charge on any atom is 0.284 e. The zero-order valence-corrected chi connectivity index (χ0v) is 13.9. The van der Waals surface area contributed by atoms with Crippen LogP contribution in [-0.4, -0.2) is 31.1 Å². The number of nitro groups is 1. The van der Waals surface area contributed by atoms with Crippen LogP contribution in [-0.2, 0) is 4.74 Å². The number of carbonyl (C=O) groups excluding carboxylic acids is 1. The molecule has 0 aliphatic heterocycles. The molecule has 0 saturated heterocycles. The van der Waals surface area contributed by atoms with Gasteiger partial charge in [0.05, 0.1) is 10.5 Å². The number of benzene rings is 1. The molecule has 0 radical (unpaired) electrons. The molecule has 0 aromatic heterocycles. The summed E-state index contributed by atoms with van der Waals surface area (Å²) in [7, 11) is 1.63. The van der Waals surface area contributed by atoms with Gasteiger partial charge in [-0.2, -0.15) is 0 Å². The monoisotopic (exact) mass is 358 g/mol. The van der Waals surface area contributed by atoms with E-state index in [1.165, 1.54) is 12.1 Å². The van der Waals surface area contributed by atoms with Gasteiger partial charge in [0.2, 0.25) is 0 Å². The molecule has 21 heavy (non-hydrogen) atoms. The molecular weight excluding hydrogens is 340 g/mol. The van der Waals surface area contributed by atoms with E-state index >= 15 is 0 Å². The lowest BCUT2D eigenvalue weighted by molar-refractivity contribution is -0.385. The number of hydrogen-bond donors (Lipinski definition) is 1. The lowest BCUT2D eigenvalue weighted by atomic mass is 9.89. The van der Waals surface area contributed by atoms with Crippen molar-refractivity contribution in [1.29, 1.82) is 0 Å². The number of methoxy groups -OCH3 is 1. The van der Waals surface area contributed by atoms with Crippen molar-refractivity contribution in [3.8, 4) is 0 Å². The molecule has 0 atom stereocenters. The third-order valence-corrected chi connectivity index (χ3v) is 3.96. The molecule has 0 fully saturated rings. The van der Waals surface area contributed by atoms with Crippen molar-refractivity contribution in [2.75, 3.05) is 20.3 Å². The van der Waals surface area contributed by atoms with Crippen molar-refractivity contribution >= 4 is 27.5 Å². The minimum absolute atomic E-state index is 0.112. The van der Waals surface area contributed by atoms with Crippen molar-refractivity contribution in [1.82, 2.24) is 5.32 Å². The summed E-state index contributed by atoms with van der Waals surface area (Å²) in [4.78, 5) is 22.5. The summed E-state index contributed by atoms with van der Waals surface area (Å²) in [5.74, 6) is -0.337. The standard InChI is InChI=1S/C14H19BrN2O4/c1-14(2,7-8-21-3)9-16-13(18)10-5-4-6-11(12(10)15)17(19)20/h4-6H,7-9H2,1-3H3,(H,16,18). The predicted molar refractivity (Wildman–Crippen MR) is 83.4 cm³/mol. The fraction of sp³-hybridized carbons (Fsp3) is 0.500. The topological polar surface area (TPSA) is 81.5 Å². The molecule has 1 rings (SSSR count). The summed E-state index contributed by atoms with van der Waals surface area (Å²) in [6.45, 7) is 5.12. The van der Waals surface area contributed by atoms with Gasteiger partial charge in [0.15, 0.2) is 0 Å². The van der Waals surface area contributed by atoms with Gasteiger partial charge in [-0.1, -0.05) is 19.9 Å². The number of nitrogens with one attached hydrogen (secondary N) is 1. The van der Waals surface area contributed by atoms with E-state index in [1.54, 1.807) is 13.2 Å². The number of nitrogens with zero attached hydrogens (tertiary/aromatic N) is 1. The Hall–Kier alpha value is -1.47. The third kappa shape index (κ3) is 5.09. The molecule has 0 unspecified atom stereocenters. The quantitative estimate of drug-likeness (QED) is 0.599. The molecule has 1 amide bonds. The number of halogens is 1. The van der Waals surface area contributed by atoms with E-state index in [2.05, 4.69) is 21.2 Å². The molecule has 0 bridgehead atoms. The van der Waals surface area contributed by atoms with Crippen LogP contribution in [0.1, 0.15) is 30.6 Å². The molecule has 6 nitrogen and oxygen atoms in total. The highest BCUT2D eigenvalue weighted by atomic mass is 79.9. The number of amides is 1. The summed E-state index contributed by atoms with van der Waals surface area (Å²) < 4.78 is 5.23. The molecule has 1 N–H and O–H groups in total. The Balaban J connectivity index is 2.77. The number of carbonyl (C=O) groups is 1. The fourth-order valence-corrected chi connectivity index (χ4v) is 2.31. The average Bonchev–Trinajstić information content (AvgIpc) is 2.42. The Morgan fingerprint density at radius 2 is 2.14 bits per heavy atom. The minimum atomic E-state index is -0.524. The van der Waals surface area contributed by atoms with Crippen molar-refractivity contribution in [3.05, 3.63) is 38.3 Å². The van der Waals surface area contributed by atoms with Crippen LogP contribution < -0.4 is 5.32 Å². The second kappa shape index (κ2) is 7.51. The molecule has 1 aromatic rings. The van der Waals surface area contributed by atoms with Gasteiger partial charge >= 0.3 is 0 Å². The fourth-order valence-electron chi connectivity index (χ4n) is 1.72. The van der Waals surface area contributed by atoms with E-state index in [-0.39, 0.29) is 27.0 Å². The van der Waals surface area contributed by atoms with Gasteiger partial charge in [-0.3, -0.25) is 14.9 Å². The molecule has 0 spiro atoms. The first kappa shape index (κ1) is 17.6. The average molecular weight is 359 g/mol. The van der Waals surface area contributed by atoms with Crippen molar-refractivity contribution in [2.24, 2.45) is 5.41 Å². The molecule has 116 valence electrons. The first-order valence-corrected chi connectivity index (χ1v) is 7.28. The third-order valence-electron chi connectivity index (χ3n) is 3.13. The van der Waals surface area contributed by atoms with Gasteiger partial charge in [0.25, 0.3) is 11.6 Å². The van der Waals surface area contributed by atoms with Crippen LogP contribution >= 0.6 is 15.9 Å². The summed E-state index contributed by atoms with van der Waals surface area (Å²) in [5.41, 5.74) is 0.0202. The lowest BCUT2D eigenvalue weighted by Crippen LogP contribution is -2.34. The summed E-state index contributed by atoms with van der Waals surface area (Å²) in [6.07, 6.45) is 0.805. The van der Waals surface area contributed by atoms with E-state index in [9.17, 15) is 14.9 Å². The predicted octanol–water partition coefficient (Wildman–Crippen LogP) is 3.15. The zero-order chi connectivity index (χ0) is 16.0. The molecule has 1 aromatic carbocycles. The Labute approximate surface area is 132 Å². The highest BCUT2D eigenvalue weighted by Gasteiger charge is 2.22. The SMILES string of the molecule is COCCC(C)(C)CNC(=O)c1cccc([N+](=O)[O-])c1Br. The maximum atomic E-state index is 12.2. The zero-order valence-electron chi connectivity index (χ0n) is 12.3. The number of nitro benzene ring substituents is 1. The highest BCUT2D eigenvalue weighted by molar-refractivity contribution is 9.10. The van der Waals surface area contributed by atoms with E-state index in [0.29, 0.717) is 13.2 Å². The molecule has 0 heterocycles. The number of rotatable bonds is 7. The van der Waals surface area contributed by atoms with E-state index < -0.39 is 4.92 Å². The van der Waals surface area contributed by atoms with E-state index in [0.717, 1.165) is 6.42 Å². The van der Waals surface area contributed by atoms with E-state index in [4.69, 9.17) is 4.74 Å². The van der Waals surface area contributed by atoms with Crippen molar-refractivity contribution in [2.45, 2.75) is 20.3 Å². The van der Waals surface area contributed by atoms with Crippen LogP contribution in [0.25, 0.3) is 0 Å². The normalized spacial score (nSPS) is 11.2. The van der Waals surface area contributed by atoms with Crippen LogP contribution in [0.5, 0.6) is 0 Å². The Kier molecular flexibility index (Phi) is 6.29. The van der Waals surface area contributed by atoms with Crippen LogP contribution in [0.4, 0.5) is 5.69 Å². The molecule has 0 aliphatic carbocycles. The van der Waals surface area contributed by atoms with Gasteiger partial charge in [-0.25, -0.2) is 0 Å². The van der Waals surface area contributed by atoms with Gasteiger partial charge in [0.1, 0.15) is 4.47 Å². The van der Waals surface area contributed by atoms with Gasteiger partial charge in [-0.15, -0.1) is 0 Å². The van der Waals surface area contributed by atoms with Crippen molar-refractivity contribution < 1.29 is 14.5 Å². The van der Waals surface area contributed by atoms with Crippen LogP contribution in [0, 0.1) is 15.5 Å². The first-order valence-electron chi connectivity index (χ1n) is 6.48. The highest BCUT2D eigenvalue weighted by Crippen LogP contribution is 2.28. The second-order valence-corrected chi connectivity index (χ2v) is 6.28. The first-order chi connectivity index (χ1) is 9.78. The molecular formula is C14H19BrN2O4. The second-order valence-electron chi connectivity index (χ2n) is 5.49. The molecule has 0 aliphatic rings. The van der Waals surface area contributed by atoms with Crippen molar-refractivity contribution in [3.63, 3.8) is 0 Å². The summed E-state index contributed by atoms with van der Waals surface area (Å²) >= 11 is 3.12. The number of hydrogen-bond acceptors (Lipinski definition) is 4. The van der Waals surface area contributed by atoms with Gasteiger partial charge in [-0.05, 0) is 33.8 Å². The largest absolute Gasteiger partial charge is 0.385 e. The van der Waals surface area contributed by atoms with E-state index in [1.807, 2.05) is 13.8 Å². The smallest absolute Gasteiger partial charge is 0.284 e. The summed E-state index contributed by atoms with van der Waals surface area (Å²) in [5, 5.41) is 13.7. The minimum Gasteiger partial charge on any atom is -0.385 e. The Morgan fingerprint density at radius 1 is 1.48 bits per heavy atom. The lowest BCUT2D eigenvalue weighted by Gasteiger charge is -2.24. The molecule has 0 saturated carbocycles. The van der Waals surface area contributed by atoms with Crippen LogP contribution in [0.3, 0.4) is 0 Å². The maximum absolute atomic E-state index is 12.2. The number of ether oxygens (including phenoxy) is 1. The Morgan fingerprint density at radius 3 is 2.71 bits per heavy atom.